The molecule has 1 aliphatic carbocycles. The highest BCUT2D eigenvalue weighted by atomic mass is 35.5. The lowest BCUT2D eigenvalue weighted by atomic mass is 9.95. The van der Waals surface area contributed by atoms with Crippen LogP contribution in [0.15, 0.2) is 18.2 Å². The van der Waals surface area contributed by atoms with Crippen molar-refractivity contribution in [3.63, 3.8) is 0 Å². The number of benzene rings is 1. The Hall–Kier alpha value is -1.26. The standard InChI is InChI=1S/C13H13Cl2NO3/c14-9-5-2-6-10(11(9)15)16-12(17)7-3-1-4-8(7)13(18)19/h2,5-8H,1,3-4H2,(H,16,17)(H,18,19). The monoisotopic (exact) mass is 301 g/mol. The molecule has 0 spiro atoms. The normalized spacial score (nSPS) is 22.2. The molecule has 1 saturated carbocycles. The number of carbonyl (C=O) groups excluding carboxylic acids is 1. The van der Waals surface area contributed by atoms with Gasteiger partial charge in [-0.05, 0) is 25.0 Å². The van der Waals surface area contributed by atoms with Crippen LogP contribution in [0.1, 0.15) is 19.3 Å². The van der Waals surface area contributed by atoms with Crippen molar-refractivity contribution in [2.45, 2.75) is 19.3 Å². The zero-order chi connectivity index (χ0) is 14.0. The summed E-state index contributed by atoms with van der Waals surface area (Å²) in [5, 5.41) is 12.3. The van der Waals surface area contributed by atoms with Gasteiger partial charge >= 0.3 is 5.97 Å². The summed E-state index contributed by atoms with van der Waals surface area (Å²) in [5.74, 6) is -2.35. The van der Waals surface area contributed by atoms with Crippen LogP contribution in [0.5, 0.6) is 0 Å². The van der Waals surface area contributed by atoms with Crippen molar-refractivity contribution >= 4 is 40.8 Å². The lowest BCUT2D eigenvalue weighted by Gasteiger charge is -2.16. The zero-order valence-corrected chi connectivity index (χ0v) is 11.5. The summed E-state index contributed by atoms with van der Waals surface area (Å²) < 4.78 is 0. The second kappa shape index (κ2) is 5.80. The Kier molecular flexibility index (Phi) is 4.32. The molecule has 0 heterocycles. The maximum atomic E-state index is 12.1. The molecule has 1 aromatic carbocycles. The van der Waals surface area contributed by atoms with Gasteiger partial charge in [-0.1, -0.05) is 35.7 Å². The van der Waals surface area contributed by atoms with Gasteiger partial charge in [0.05, 0.1) is 27.6 Å². The van der Waals surface area contributed by atoms with Gasteiger partial charge in [-0.25, -0.2) is 0 Å². The minimum atomic E-state index is -0.921. The average Bonchev–Trinajstić information content (AvgIpc) is 2.84. The fourth-order valence-corrected chi connectivity index (χ4v) is 2.74. The average molecular weight is 302 g/mol. The van der Waals surface area contributed by atoms with E-state index in [-0.39, 0.29) is 10.9 Å². The Bertz CT molecular complexity index is 519. The Morgan fingerprint density at radius 1 is 1.21 bits per heavy atom. The lowest BCUT2D eigenvalue weighted by molar-refractivity contribution is -0.145. The molecule has 2 N–H and O–H groups in total. The highest BCUT2D eigenvalue weighted by Gasteiger charge is 2.37. The van der Waals surface area contributed by atoms with E-state index in [9.17, 15) is 9.59 Å². The SMILES string of the molecule is O=C(O)C1CCCC1C(=O)Nc1cccc(Cl)c1Cl. The topological polar surface area (TPSA) is 66.4 Å². The minimum absolute atomic E-state index is 0.266. The molecule has 0 aromatic heterocycles. The second-order valence-electron chi connectivity index (χ2n) is 4.57. The van der Waals surface area contributed by atoms with Gasteiger partial charge in [0.15, 0.2) is 0 Å². The number of carboxylic acid groups (broad SMARTS) is 1. The number of carboxylic acids is 1. The lowest BCUT2D eigenvalue weighted by Crippen LogP contribution is -2.30. The number of aliphatic carboxylic acids is 1. The van der Waals surface area contributed by atoms with Crippen LogP contribution in [0, 0.1) is 11.8 Å². The Balaban J connectivity index is 2.13. The van der Waals surface area contributed by atoms with Crippen LogP contribution in [0.4, 0.5) is 5.69 Å². The van der Waals surface area contributed by atoms with Gasteiger partial charge in [-0.15, -0.1) is 0 Å². The number of rotatable bonds is 3. The summed E-state index contributed by atoms with van der Waals surface area (Å²) >= 11 is 11.8. The van der Waals surface area contributed by atoms with Gasteiger partial charge in [-0.2, -0.15) is 0 Å². The minimum Gasteiger partial charge on any atom is -0.481 e. The molecule has 2 rings (SSSR count). The molecule has 0 bridgehead atoms. The van der Waals surface area contributed by atoms with E-state index < -0.39 is 17.8 Å². The Morgan fingerprint density at radius 3 is 2.58 bits per heavy atom. The molecule has 19 heavy (non-hydrogen) atoms. The molecule has 1 aromatic rings. The summed E-state index contributed by atoms with van der Waals surface area (Å²) in [6.07, 6.45) is 1.87. The molecular formula is C13H13Cl2NO3. The van der Waals surface area contributed by atoms with Crippen LogP contribution in [0.25, 0.3) is 0 Å². The summed E-state index contributed by atoms with van der Waals surface area (Å²) in [7, 11) is 0. The Morgan fingerprint density at radius 2 is 1.89 bits per heavy atom. The van der Waals surface area contributed by atoms with Crippen molar-refractivity contribution in [1.29, 1.82) is 0 Å². The second-order valence-corrected chi connectivity index (χ2v) is 5.36. The molecule has 1 amide bonds. The van der Waals surface area contributed by atoms with Crippen LogP contribution >= 0.6 is 23.2 Å². The quantitative estimate of drug-likeness (QED) is 0.899. The van der Waals surface area contributed by atoms with Crippen molar-refractivity contribution in [3.8, 4) is 0 Å². The molecule has 0 aliphatic heterocycles. The number of amides is 1. The molecule has 1 aliphatic rings. The first kappa shape index (κ1) is 14.2. The number of carbonyl (C=O) groups is 2. The first-order valence-electron chi connectivity index (χ1n) is 5.98. The number of anilines is 1. The Labute approximate surface area is 120 Å². The van der Waals surface area contributed by atoms with Crippen LogP contribution in [-0.2, 0) is 9.59 Å². The third kappa shape index (κ3) is 3.01. The number of nitrogens with one attached hydrogen (secondary N) is 1. The molecule has 6 heteroatoms. The third-order valence-electron chi connectivity index (χ3n) is 3.38. The van der Waals surface area contributed by atoms with Gasteiger partial charge in [-0.3, -0.25) is 9.59 Å². The van der Waals surface area contributed by atoms with E-state index in [1.165, 1.54) is 0 Å². The van der Waals surface area contributed by atoms with E-state index in [1.54, 1.807) is 18.2 Å². The molecule has 0 saturated heterocycles. The summed E-state index contributed by atoms with van der Waals surface area (Å²) in [6.45, 7) is 0. The van der Waals surface area contributed by atoms with Crippen LogP contribution in [0.3, 0.4) is 0 Å². The highest BCUT2D eigenvalue weighted by molar-refractivity contribution is 6.44. The number of hydrogen-bond acceptors (Lipinski definition) is 2. The number of halogens is 2. The van der Waals surface area contributed by atoms with Gasteiger partial charge in [0.25, 0.3) is 0 Å². The first-order chi connectivity index (χ1) is 9.00. The predicted molar refractivity (Wildman–Crippen MR) is 73.6 cm³/mol. The maximum Gasteiger partial charge on any atom is 0.307 e. The van der Waals surface area contributed by atoms with Gasteiger partial charge in [0.2, 0.25) is 5.91 Å². The smallest absolute Gasteiger partial charge is 0.307 e. The molecule has 0 radical (unpaired) electrons. The van der Waals surface area contributed by atoms with Crippen molar-refractivity contribution in [1.82, 2.24) is 0 Å². The van der Waals surface area contributed by atoms with Gasteiger partial charge in [0.1, 0.15) is 0 Å². The summed E-state index contributed by atoms with van der Waals surface area (Å²) in [4.78, 5) is 23.2. The largest absolute Gasteiger partial charge is 0.481 e. The summed E-state index contributed by atoms with van der Waals surface area (Å²) in [6, 6.07) is 4.93. The number of hydrogen-bond donors (Lipinski definition) is 2. The molecule has 4 nitrogen and oxygen atoms in total. The first-order valence-corrected chi connectivity index (χ1v) is 6.74. The highest BCUT2D eigenvalue weighted by Crippen LogP contribution is 2.34. The van der Waals surface area contributed by atoms with Gasteiger partial charge in [0, 0.05) is 0 Å². The van der Waals surface area contributed by atoms with E-state index in [0.29, 0.717) is 23.6 Å². The van der Waals surface area contributed by atoms with E-state index >= 15 is 0 Å². The van der Waals surface area contributed by atoms with Gasteiger partial charge < -0.3 is 10.4 Å². The van der Waals surface area contributed by atoms with Crippen LogP contribution in [-0.4, -0.2) is 17.0 Å². The molecule has 102 valence electrons. The fraction of sp³-hybridized carbons (Fsp3) is 0.385. The zero-order valence-electron chi connectivity index (χ0n) is 10.0. The third-order valence-corrected chi connectivity index (χ3v) is 4.20. The van der Waals surface area contributed by atoms with Crippen molar-refractivity contribution in [3.05, 3.63) is 28.2 Å². The summed E-state index contributed by atoms with van der Waals surface area (Å²) in [5.41, 5.74) is 0.412. The van der Waals surface area contributed by atoms with E-state index in [4.69, 9.17) is 28.3 Å². The molecule has 2 atom stereocenters. The van der Waals surface area contributed by atoms with Crippen molar-refractivity contribution < 1.29 is 14.7 Å². The molecular weight excluding hydrogens is 289 g/mol. The maximum absolute atomic E-state index is 12.1. The molecule has 2 unspecified atom stereocenters. The van der Waals surface area contributed by atoms with E-state index in [0.717, 1.165) is 6.42 Å². The predicted octanol–water partition coefficient (Wildman–Crippen LogP) is 3.43. The van der Waals surface area contributed by atoms with Crippen molar-refractivity contribution in [2.24, 2.45) is 11.8 Å². The fourth-order valence-electron chi connectivity index (χ4n) is 2.40. The van der Waals surface area contributed by atoms with E-state index in [2.05, 4.69) is 5.32 Å². The van der Waals surface area contributed by atoms with Crippen LogP contribution in [0.2, 0.25) is 10.0 Å². The molecule has 1 fully saturated rings. The van der Waals surface area contributed by atoms with Crippen LogP contribution < -0.4 is 5.32 Å². The van der Waals surface area contributed by atoms with E-state index in [1.807, 2.05) is 0 Å². The van der Waals surface area contributed by atoms with Crippen molar-refractivity contribution in [2.75, 3.05) is 5.32 Å².